The van der Waals surface area contributed by atoms with E-state index in [0.29, 0.717) is 12.8 Å². The molecule has 3 unspecified atom stereocenters. The minimum atomic E-state index is -0.349. The smallest absolute Gasteiger partial charge is 0.222 e. The summed E-state index contributed by atoms with van der Waals surface area (Å²) in [7, 11) is 1.79. The summed E-state index contributed by atoms with van der Waals surface area (Å²) >= 11 is 0. The zero-order valence-corrected chi connectivity index (χ0v) is 10.4. The largest absolute Gasteiger partial charge is 0.391 e. The van der Waals surface area contributed by atoms with Crippen molar-refractivity contribution in [2.75, 3.05) is 7.05 Å². The van der Waals surface area contributed by atoms with E-state index >= 15 is 0 Å². The summed E-state index contributed by atoms with van der Waals surface area (Å²) in [6.07, 6.45) is 4.75. The number of hydrogen-bond donors (Lipinski definition) is 2. The molecule has 16 heavy (non-hydrogen) atoms. The Kier molecular flexibility index (Phi) is 5.22. The lowest BCUT2D eigenvalue weighted by atomic mass is 9.91. The topological polar surface area (TPSA) is 66.6 Å². The highest BCUT2D eigenvalue weighted by atomic mass is 16.3. The number of carbonyl (C=O) groups is 1. The lowest BCUT2D eigenvalue weighted by Crippen LogP contribution is -2.46. The predicted molar refractivity (Wildman–Crippen MR) is 63.9 cm³/mol. The highest BCUT2D eigenvalue weighted by molar-refractivity contribution is 5.76. The Balaban J connectivity index is 2.42. The average Bonchev–Trinajstić information content (AvgIpc) is 2.25. The molecule has 0 bridgehead atoms. The molecule has 4 heteroatoms. The van der Waals surface area contributed by atoms with E-state index in [-0.39, 0.29) is 24.1 Å². The Bertz CT molecular complexity index is 231. The van der Waals surface area contributed by atoms with Crippen LogP contribution in [0, 0.1) is 0 Å². The third-order valence-corrected chi connectivity index (χ3v) is 3.40. The molecule has 0 aromatic carbocycles. The van der Waals surface area contributed by atoms with E-state index in [1.54, 1.807) is 11.9 Å². The molecular formula is C12H24N2O2. The summed E-state index contributed by atoms with van der Waals surface area (Å²) in [4.78, 5) is 13.6. The molecule has 4 nitrogen and oxygen atoms in total. The number of nitrogens with zero attached hydrogens (tertiary/aromatic N) is 1. The molecule has 1 aliphatic carbocycles. The van der Waals surface area contributed by atoms with Gasteiger partial charge in [-0.1, -0.05) is 12.8 Å². The maximum absolute atomic E-state index is 11.9. The molecule has 0 radical (unpaired) electrons. The normalized spacial score (nSPS) is 27.5. The fraction of sp³-hybridized carbons (Fsp3) is 0.917. The molecule has 3 N–H and O–H groups in total. The average molecular weight is 228 g/mol. The fourth-order valence-corrected chi connectivity index (χ4v) is 2.26. The standard InChI is InChI=1S/C12H24N2O2/c1-9(13)7-8-12(16)14(2)10-5-3-4-6-11(10)15/h9-11,15H,3-8,13H2,1-2H3. The number of likely N-dealkylation sites (N-methyl/N-ethyl adjacent to an activating group) is 1. The van der Waals surface area contributed by atoms with E-state index in [9.17, 15) is 9.90 Å². The summed E-state index contributed by atoms with van der Waals surface area (Å²) in [5.41, 5.74) is 5.63. The van der Waals surface area contributed by atoms with Gasteiger partial charge >= 0.3 is 0 Å². The minimum absolute atomic E-state index is 0.00864. The van der Waals surface area contributed by atoms with E-state index < -0.39 is 0 Å². The predicted octanol–water partition coefficient (Wildman–Crippen LogP) is 0.876. The molecule has 0 heterocycles. The lowest BCUT2D eigenvalue weighted by molar-refractivity contribution is -0.135. The molecule has 1 aliphatic rings. The quantitative estimate of drug-likeness (QED) is 0.750. The number of nitrogens with two attached hydrogens (primary N) is 1. The Morgan fingerprint density at radius 3 is 2.69 bits per heavy atom. The van der Waals surface area contributed by atoms with Crippen LogP contribution in [0.3, 0.4) is 0 Å². The molecule has 0 aromatic heterocycles. The SMILES string of the molecule is CC(N)CCC(=O)N(C)C1CCCCC1O. The van der Waals surface area contributed by atoms with Gasteiger partial charge in [0.25, 0.3) is 0 Å². The van der Waals surface area contributed by atoms with E-state index in [1.165, 1.54) is 0 Å². The minimum Gasteiger partial charge on any atom is -0.391 e. The number of rotatable bonds is 4. The highest BCUT2D eigenvalue weighted by Gasteiger charge is 2.28. The second kappa shape index (κ2) is 6.21. The van der Waals surface area contributed by atoms with E-state index in [1.807, 2.05) is 6.92 Å². The Labute approximate surface area is 97.8 Å². The van der Waals surface area contributed by atoms with Crippen LogP contribution in [0.2, 0.25) is 0 Å². The van der Waals surface area contributed by atoms with Gasteiger partial charge in [-0.15, -0.1) is 0 Å². The van der Waals surface area contributed by atoms with Crippen LogP contribution in [0.1, 0.15) is 45.4 Å². The molecule has 0 saturated heterocycles. The van der Waals surface area contributed by atoms with Crippen LogP contribution in [-0.4, -0.2) is 41.1 Å². The second-order valence-electron chi connectivity index (χ2n) is 4.94. The summed E-state index contributed by atoms with van der Waals surface area (Å²) in [6.45, 7) is 1.91. The van der Waals surface area contributed by atoms with Gasteiger partial charge in [0, 0.05) is 19.5 Å². The van der Waals surface area contributed by atoms with Gasteiger partial charge in [-0.05, 0) is 26.2 Å². The van der Waals surface area contributed by atoms with Crippen molar-refractivity contribution in [3.8, 4) is 0 Å². The lowest BCUT2D eigenvalue weighted by Gasteiger charge is -2.35. The van der Waals surface area contributed by atoms with Crippen molar-refractivity contribution < 1.29 is 9.90 Å². The summed E-state index contributed by atoms with van der Waals surface area (Å²) in [5.74, 6) is 0.100. The van der Waals surface area contributed by atoms with E-state index in [2.05, 4.69) is 0 Å². The third-order valence-electron chi connectivity index (χ3n) is 3.40. The Hall–Kier alpha value is -0.610. The molecule has 0 spiro atoms. The van der Waals surface area contributed by atoms with Crippen molar-refractivity contribution in [1.29, 1.82) is 0 Å². The Morgan fingerprint density at radius 2 is 2.12 bits per heavy atom. The van der Waals surface area contributed by atoms with Gasteiger partial charge in [0.2, 0.25) is 5.91 Å². The Morgan fingerprint density at radius 1 is 1.50 bits per heavy atom. The molecule has 1 amide bonds. The monoisotopic (exact) mass is 228 g/mol. The summed E-state index contributed by atoms with van der Waals surface area (Å²) < 4.78 is 0. The number of amides is 1. The number of carbonyl (C=O) groups excluding carboxylic acids is 1. The van der Waals surface area contributed by atoms with Gasteiger partial charge in [-0.25, -0.2) is 0 Å². The zero-order valence-electron chi connectivity index (χ0n) is 10.4. The molecule has 0 aliphatic heterocycles. The van der Waals surface area contributed by atoms with Gasteiger partial charge in [-0.3, -0.25) is 4.79 Å². The molecule has 3 atom stereocenters. The molecule has 1 fully saturated rings. The van der Waals surface area contributed by atoms with Crippen molar-refractivity contribution in [2.24, 2.45) is 5.73 Å². The number of aliphatic hydroxyl groups is 1. The number of hydrogen-bond acceptors (Lipinski definition) is 3. The molecule has 1 saturated carbocycles. The maximum Gasteiger partial charge on any atom is 0.222 e. The third kappa shape index (κ3) is 3.76. The zero-order chi connectivity index (χ0) is 12.1. The van der Waals surface area contributed by atoms with Crippen LogP contribution in [0.4, 0.5) is 0 Å². The first kappa shape index (κ1) is 13.5. The van der Waals surface area contributed by atoms with Gasteiger partial charge in [0.05, 0.1) is 12.1 Å². The van der Waals surface area contributed by atoms with Crippen LogP contribution in [0.15, 0.2) is 0 Å². The first-order valence-electron chi connectivity index (χ1n) is 6.21. The van der Waals surface area contributed by atoms with Gasteiger partial charge in [0.1, 0.15) is 0 Å². The summed E-state index contributed by atoms with van der Waals surface area (Å²) in [5, 5.41) is 9.85. The molecule has 94 valence electrons. The van der Waals surface area contributed by atoms with Crippen molar-refractivity contribution in [2.45, 2.75) is 63.6 Å². The van der Waals surface area contributed by atoms with Crippen LogP contribution in [-0.2, 0) is 4.79 Å². The molecular weight excluding hydrogens is 204 g/mol. The maximum atomic E-state index is 11.9. The number of aliphatic hydroxyl groups excluding tert-OH is 1. The van der Waals surface area contributed by atoms with Gasteiger partial charge in [-0.2, -0.15) is 0 Å². The second-order valence-corrected chi connectivity index (χ2v) is 4.94. The van der Waals surface area contributed by atoms with Crippen LogP contribution in [0.25, 0.3) is 0 Å². The van der Waals surface area contributed by atoms with Crippen LogP contribution >= 0.6 is 0 Å². The van der Waals surface area contributed by atoms with Gasteiger partial charge in [0.15, 0.2) is 0 Å². The van der Waals surface area contributed by atoms with Crippen molar-refractivity contribution in [1.82, 2.24) is 4.90 Å². The van der Waals surface area contributed by atoms with Gasteiger partial charge < -0.3 is 15.7 Å². The van der Waals surface area contributed by atoms with Crippen molar-refractivity contribution in [3.63, 3.8) is 0 Å². The molecule has 1 rings (SSSR count). The van der Waals surface area contributed by atoms with E-state index in [0.717, 1.165) is 25.7 Å². The van der Waals surface area contributed by atoms with Crippen molar-refractivity contribution in [3.05, 3.63) is 0 Å². The summed E-state index contributed by atoms with van der Waals surface area (Å²) in [6, 6.07) is 0.0722. The van der Waals surface area contributed by atoms with E-state index in [4.69, 9.17) is 5.73 Å². The fourth-order valence-electron chi connectivity index (χ4n) is 2.26. The highest BCUT2D eigenvalue weighted by Crippen LogP contribution is 2.22. The van der Waals surface area contributed by atoms with Crippen LogP contribution < -0.4 is 5.73 Å². The first-order chi connectivity index (χ1) is 7.52. The first-order valence-corrected chi connectivity index (χ1v) is 6.21. The van der Waals surface area contributed by atoms with Crippen molar-refractivity contribution >= 4 is 5.91 Å². The van der Waals surface area contributed by atoms with Crippen LogP contribution in [0.5, 0.6) is 0 Å². The molecule has 0 aromatic rings.